The van der Waals surface area contributed by atoms with Crippen LogP contribution >= 0.6 is 11.3 Å². The van der Waals surface area contributed by atoms with E-state index in [1.54, 1.807) is 0 Å². The van der Waals surface area contributed by atoms with Crippen LogP contribution in [0.25, 0.3) is 10.8 Å². The maximum absolute atomic E-state index is 12.8. The van der Waals surface area contributed by atoms with Gasteiger partial charge in [-0.25, -0.2) is 0 Å². The van der Waals surface area contributed by atoms with Crippen LogP contribution in [0, 0.1) is 11.3 Å². The molecule has 0 spiro atoms. The molecule has 2 aliphatic heterocycles. The van der Waals surface area contributed by atoms with Crippen molar-refractivity contribution in [3.8, 4) is 6.07 Å². The zero-order valence-corrected chi connectivity index (χ0v) is 16.8. The van der Waals surface area contributed by atoms with Crippen molar-refractivity contribution in [1.29, 1.82) is 5.26 Å². The Morgan fingerprint density at radius 3 is 2.72 bits per heavy atom. The van der Waals surface area contributed by atoms with Crippen molar-refractivity contribution in [2.75, 3.05) is 37.7 Å². The number of morpholine rings is 1. The number of ether oxygens (including phenoxy) is 1. The Labute approximate surface area is 173 Å². The third-order valence-electron chi connectivity index (χ3n) is 5.79. The fraction of sp³-hybridized carbons (Fsp3) is 0.304. The quantitative estimate of drug-likeness (QED) is 0.705. The summed E-state index contributed by atoms with van der Waals surface area (Å²) < 4.78 is 5.47. The predicted octanol–water partition coefficient (Wildman–Crippen LogP) is 3.87. The number of anilines is 1. The monoisotopic (exact) mass is 403 g/mol. The Balaban J connectivity index is 1.66. The molecule has 1 N–H and O–H groups in total. The van der Waals surface area contributed by atoms with Crippen LogP contribution in [-0.2, 0) is 4.74 Å². The molecule has 3 heterocycles. The van der Waals surface area contributed by atoms with Crippen LogP contribution in [0.4, 0.5) is 5.00 Å². The molecule has 5 nitrogen and oxygen atoms in total. The lowest BCUT2D eigenvalue weighted by Crippen LogP contribution is -2.36. The third kappa shape index (κ3) is 3.17. The van der Waals surface area contributed by atoms with E-state index in [4.69, 9.17) is 4.74 Å². The summed E-state index contributed by atoms with van der Waals surface area (Å²) >= 11 is 1.45. The molecule has 0 bridgehead atoms. The van der Waals surface area contributed by atoms with Crippen molar-refractivity contribution in [2.45, 2.75) is 12.3 Å². The van der Waals surface area contributed by atoms with E-state index in [-0.39, 0.29) is 11.8 Å². The number of nitrogens with zero attached hydrogens (tertiary/aromatic N) is 2. The molecular formula is C23H21N3O2S. The summed E-state index contributed by atoms with van der Waals surface area (Å²) in [4.78, 5) is 15.7. The van der Waals surface area contributed by atoms with Crippen LogP contribution in [0.5, 0.6) is 0 Å². The highest BCUT2D eigenvalue weighted by molar-refractivity contribution is 7.18. The van der Waals surface area contributed by atoms with Gasteiger partial charge in [0.15, 0.2) is 0 Å². The largest absolute Gasteiger partial charge is 0.378 e. The molecule has 1 unspecified atom stereocenters. The van der Waals surface area contributed by atoms with Gasteiger partial charge in [-0.15, -0.1) is 11.3 Å². The van der Waals surface area contributed by atoms with Gasteiger partial charge in [-0.2, -0.15) is 5.26 Å². The lowest BCUT2D eigenvalue weighted by Gasteiger charge is -2.28. The van der Waals surface area contributed by atoms with Gasteiger partial charge < -0.3 is 15.0 Å². The zero-order valence-electron chi connectivity index (χ0n) is 16.0. The average Bonchev–Trinajstić information content (AvgIpc) is 3.08. The highest BCUT2D eigenvalue weighted by atomic mass is 32.1. The van der Waals surface area contributed by atoms with E-state index in [0.29, 0.717) is 30.2 Å². The molecule has 0 radical (unpaired) electrons. The summed E-state index contributed by atoms with van der Waals surface area (Å²) in [5.74, 6) is -0.0430. The number of hydrogen-bond acceptors (Lipinski definition) is 5. The number of carbonyl (C=O) groups excluding carboxylic acids is 1. The van der Waals surface area contributed by atoms with Crippen molar-refractivity contribution in [1.82, 2.24) is 5.32 Å². The fourth-order valence-electron chi connectivity index (χ4n) is 4.34. The minimum absolute atomic E-state index is 0.0225. The Bertz CT molecular complexity index is 1120. The molecular weight excluding hydrogens is 382 g/mol. The van der Waals surface area contributed by atoms with Crippen molar-refractivity contribution in [2.24, 2.45) is 0 Å². The summed E-state index contributed by atoms with van der Waals surface area (Å²) in [6.45, 7) is 3.39. The lowest BCUT2D eigenvalue weighted by atomic mass is 9.86. The van der Waals surface area contributed by atoms with Gasteiger partial charge in [0.25, 0.3) is 5.91 Å². The first-order chi connectivity index (χ1) is 14.3. The molecule has 3 aromatic rings. The second-order valence-corrected chi connectivity index (χ2v) is 8.44. The first kappa shape index (κ1) is 18.2. The van der Waals surface area contributed by atoms with E-state index in [0.717, 1.165) is 35.6 Å². The highest BCUT2D eigenvalue weighted by Gasteiger charge is 2.33. The van der Waals surface area contributed by atoms with Gasteiger partial charge in [0.2, 0.25) is 0 Å². The Morgan fingerprint density at radius 2 is 1.93 bits per heavy atom. The van der Waals surface area contributed by atoms with Crippen LogP contribution in [0.3, 0.4) is 0 Å². The second kappa shape index (κ2) is 7.51. The molecule has 29 heavy (non-hydrogen) atoms. The van der Waals surface area contributed by atoms with E-state index in [2.05, 4.69) is 46.6 Å². The average molecular weight is 404 g/mol. The first-order valence-corrected chi connectivity index (χ1v) is 10.7. The predicted molar refractivity (Wildman–Crippen MR) is 115 cm³/mol. The summed E-state index contributed by atoms with van der Waals surface area (Å²) in [5, 5.41) is 16.4. The molecule has 1 saturated heterocycles. The van der Waals surface area contributed by atoms with E-state index in [1.165, 1.54) is 22.1 Å². The topological polar surface area (TPSA) is 65.4 Å². The molecule has 2 aliphatic rings. The normalized spacial score (nSPS) is 19.3. The molecule has 0 saturated carbocycles. The first-order valence-electron chi connectivity index (χ1n) is 9.92. The van der Waals surface area contributed by atoms with E-state index in [9.17, 15) is 10.1 Å². The van der Waals surface area contributed by atoms with Gasteiger partial charge in [-0.3, -0.25) is 4.79 Å². The van der Waals surface area contributed by atoms with Crippen molar-refractivity contribution >= 4 is 33.0 Å². The second-order valence-electron chi connectivity index (χ2n) is 7.44. The molecule has 1 atom stereocenters. The van der Waals surface area contributed by atoms with Crippen molar-refractivity contribution in [3.05, 3.63) is 64.0 Å². The summed E-state index contributed by atoms with van der Waals surface area (Å²) in [5.41, 5.74) is 2.70. The van der Waals surface area contributed by atoms with Gasteiger partial charge in [-0.1, -0.05) is 42.5 Å². The van der Waals surface area contributed by atoms with Gasteiger partial charge in [0, 0.05) is 31.1 Å². The van der Waals surface area contributed by atoms with E-state index >= 15 is 0 Å². The van der Waals surface area contributed by atoms with Crippen molar-refractivity contribution < 1.29 is 9.53 Å². The number of nitrogens with one attached hydrogen (secondary N) is 1. The minimum Gasteiger partial charge on any atom is -0.378 e. The maximum Gasteiger partial charge on any atom is 0.261 e. The Kier molecular flexibility index (Phi) is 4.70. The molecule has 1 amide bonds. The number of thiophene rings is 1. The number of rotatable bonds is 2. The number of fused-ring (bicyclic) bond motifs is 2. The number of amides is 1. The lowest BCUT2D eigenvalue weighted by molar-refractivity contribution is 0.0960. The van der Waals surface area contributed by atoms with Crippen LogP contribution < -0.4 is 10.2 Å². The van der Waals surface area contributed by atoms with Gasteiger partial charge in [0.05, 0.1) is 23.7 Å². The van der Waals surface area contributed by atoms with Crippen LogP contribution in [0.2, 0.25) is 0 Å². The smallest absolute Gasteiger partial charge is 0.261 e. The highest BCUT2D eigenvalue weighted by Crippen LogP contribution is 2.44. The summed E-state index contributed by atoms with van der Waals surface area (Å²) in [7, 11) is 0. The fourth-order valence-corrected chi connectivity index (χ4v) is 5.62. The summed E-state index contributed by atoms with van der Waals surface area (Å²) in [6, 6.07) is 17.2. The van der Waals surface area contributed by atoms with Crippen LogP contribution in [0.1, 0.15) is 38.7 Å². The van der Waals surface area contributed by atoms with E-state index in [1.807, 2.05) is 12.1 Å². The Morgan fingerprint density at radius 1 is 1.14 bits per heavy atom. The summed E-state index contributed by atoms with van der Waals surface area (Å²) in [6.07, 6.45) is 0.783. The zero-order chi connectivity index (χ0) is 19.8. The van der Waals surface area contributed by atoms with Crippen LogP contribution in [-0.4, -0.2) is 38.8 Å². The SMILES string of the molecule is N#Cc1c(N2CCOCC2)sc2c1C(c1ccc3ccccc3c1)CCNC2=O. The minimum atomic E-state index is -0.0655. The number of benzene rings is 2. The number of carbonyl (C=O) groups is 1. The Hall–Kier alpha value is -2.88. The molecule has 6 heteroatoms. The molecule has 2 aromatic carbocycles. The molecule has 1 fully saturated rings. The van der Waals surface area contributed by atoms with Gasteiger partial charge in [-0.05, 0) is 22.8 Å². The number of hydrogen-bond donors (Lipinski definition) is 1. The van der Waals surface area contributed by atoms with Crippen LogP contribution in [0.15, 0.2) is 42.5 Å². The van der Waals surface area contributed by atoms with Gasteiger partial charge in [0.1, 0.15) is 11.1 Å². The molecule has 146 valence electrons. The molecule has 0 aliphatic carbocycles. The van der Waals surface area contributed by atoms with Crippen molar-refractivity contribution in [3.63, 3.8) is 0 Å². The third-order valence-corrected chi connectivity index (χ3v) is 7.05. The standard InChI is InChI=1S/C23H21N3O2S/c24-14-19-20-18(17-6-5-15-3-1-2-4-16(15)13-17)7-8-25-22(27)21(20)29-23(19)26-9-11-28-12-10-26/h1-6,13,18H,7-12H2,(H,25,27). The van der Waals surface area contributed by atoms with E-state index < -0.39 is 0 Å². The molecule has 5 rings (SSSR count). The molecule has 1 aromatic heterocycles. The maximum atomic E-state index is 12.8. The van der Waals surface area contributed by atoms with Gasteiger partial charge >= 0.3 is 0 Å². The number of nitriles is 1.